The lowest BCUT2D eigenvalue weighted by Crippen LogP contribution is -2.49. The number of carbonyl (C=O) groups excluding carboxylic acids is 1. The van der Waals surface area contributed by atoms with Crippen molar-refractivity contribution in [2.45, 2.75) is 19.8 Å². The van der Waals surface area contributed by atoms with Gasteiger partial charge in [0.15, 0.2) is 0 Å². The molecule has 0 aromatic heterocycles. The maximum Gasteiger partial charge on any atom is 0.233 e. The van der Waals surface area contributed by atoms with Crippen molar-refractivity contribution in [1.82, 2.24) is 5.32 Å². The minimum absolute atomic E-state index is 0.125. The third kappa shape index (κ3) is 2.48. The highest BCUT2D eigenvalue weighted by Gasteiger charge is 2.36. The molecule has 0 saturated carbocycles. The molecular formula is C14H20N2O2. The van der Waals surface area contributed by atoms with Crippen LogP contribution in [0, 0.1) is 5.41 Å². The van der Waals surface area contributed by atoms with Crippen LogP contribution in [0.4, 0.5) is 5.69 Å². The molecule has 98 valence electrons. The highest BCUT2D eigenvalue weighted by atomic mass is 16.3. The fourth-order valence-corrected chi connectivity index (χ4v) is 2.44. The number of anilines is 1. The Morgan fingerprint density at radius 2 is 2.06 bits per heavy atom. The second kappa shape index (κ2) is 4.98. The maximum atomic E-state index is 12.5. The third-order valence-electron chi connectivity index (χ3n) is 3.66. The Labute approximate surface area is 108 Å². The molecule has 1 saturated heterocycles. The van der Waals surface area contributed by atoms with Crippen LogP contribution in [0.5, 0.6) is 5.75 Å². The number of aromatic hydroxyl groups is 1. The molecule has 1 aliphatic rings. The molecule has 2 N–H and O–H groups in total. The van der Waals surface area contributed by atoms with Gasteiger partial charge in [0, 0.05) is 19.3 Å². The van der Waals surface area contributed by atoms with Gasteiger partial charge in [-0.3, -0.25) is 4.79 Å². The fourth-order valence-electron chi connectivity index (χ4n) is 2.44. The van der Waals surface area contributed by atoms with Crippen molar-refractivity contribution in [3.8, 4) is 5.75 Å². The minimum atomic E-state index is -0.328. The van der Waals surface area contributed by atoms with E-state index in [2.05, 4.69) is 5.32 Å². The fraction of sp³-hybridized carbons (Fsp3) is 0.500. The molecule has 1 aromatic carbocycles. The quantitative estimate of drug-likeness (QED) is 0.838. The van der Waals surface area contributed by atoms with Crippen molar-refractivity contribution >= 4 is 11.6 Å². The Kier molecular flexibility index (Phi) is 3.57. The molecule has 0 spiro atoms. The van der Waals surface area contributed by atoms with Crippen LogP contribution >= 0.6 is 0 Å². The SMILES string of the molecule is CN(C(=O)C1(C)CCCNC1)c1ccc(O)cc1. The van der Waals surface area contributed by atoms with E-state index in [4.69, 9.17) is 0 Å². The van der Waals surface area contributed by atoms with Gasteiger partial charge in [0.1, 0.15) is 5.75 Å². The van der Waals surface area contributed by atoms with Crippen LogP contribution in [0.3, 0.4) is 0 Å². The first-order valence-electron chi connectivity index (χ1n) is 6.31. The van der Waals surface area contributed by atoms with E-state index < -0.39 is 0 Å². The van der Waals surface area contributed by atoms with Crippen molar-refractivity contribution < 1.29 is 9.90 Å². The van der Waals surface area contributed by atoms with Gasteiger partial charge in [-0.2, -0.15) is 0 Å². The molecule has 1 aromatic rings. The molecule has 1 aliphatic heterocycles. The summed E-state index contributed by atoms with van der Waals surface area (Å²) in [5.74, 6) is 0.338. The number of piperidine rings is 1. The van der Waals surface area contributed by atoms with E-state index in [0.29, 0.717) is 0 Å². The van der Waals surface area contributed by atoms with E-state index in [9.17, 15) is 9.90 Å². The zero-order chi connectivity index (χ0) is 13.2. The zero-order valence-electron chi connectivity index (χ0n) is 10.9. The van der Waals surface area contributed by atoms with Crippen molar-refractivity contribution in [1.29, 1.82) is 0 Å². The largest absolute Gasteiger partial charge is 0.508 e. The third-order valence-corrected chi connectivity index (χ3v) is 3.66. The van der Waals surface area contributed by atoms with Crippen molar-refractivity contribution in [3.63, 3.8) is 0 Å². The van der Waals surface area contributed by atoms with Gasteiger partial charge < -0.3 is 15.3 Å². The summed E-state index contributed by atoms with van der Waals surface area (Å²) in [6.45, 7) is 3.73. The maximum absolute atomic E-state index is 12.5. The van der Waals surface area contributed by atoms with E-state index in [0.717, 1.165) is 31.6 Å². The van der Waals surface area contributed by atoms with Gasteiger partial charge in [0.2, 0.25) is 5.91 Å². The van der Waals surface area contributed by atoms with Crippen LogP contribution in [-0.4, -0.2) is 31.2 Å². The molecule has 1 atom stereocenters. The summed E-state index contributed by atoms with van der Waals surface area (Å²) < 4.78 is 0. The smallest absolute Gasteiger partial charge is 0.233 e. The Morgan fingerprint density at radius 3 is 2.61 bits per heavy atom. The summed E-state index contributed by atoms with van der Waals surface area (Å²) in [6, 6.07) is 6.71. The molecule has 1 amide bonds. The van der Waals surface area contributed by atoms with E-state index in [-0.39, 0.29) is 17.1 Å². The molecular weight excluding hydrogens is 228 g/mol. The summed E-state index contributed by atoms with van der Waals surface area (Å²) in [5, 5.41) is 12.5. The van der Waals surface area contributed by atoms with Crippen LogP contribution in [0.2, 0.25) is 0 Å². The number of phenols is 1. The summed E-state index contributed by atoms with van der Waals surface area (Å²) in [6.07, 6.45) is 1.95. The Hall–Kier alpha value is -1.55. The zero-order valence-corrected chi connectivity index (χ0v) is 10.9. The van der Waals surface area contributed by atoms with Crippen LogP contribution in [0.1, 0.15) is 19.8 Å². The molecule has 4 nitrogen and oxygen atoms in total. The van der Waals surface area contributed by atoms with Crippen molar-refractivity contribution in [2.24, 2.45) is 5.41 Å². The van der Waals surface area contributed by atoms with E-state index in [1.165, 1.54) is 0 Å². The van der Waals surface area contributed by atoms with Crippen molar-refractivity contribution in [2.75, 3.05) is 25.0 Å². The predicted octanol–water partition coefficient (Wildman–Crippen LogP) is 1.74. The van der Waals surface area contributed by atoms with Gasteiger partial charge in [0.25, 0.3) is 0 Å². The topological polar surface area (TPSA) is 52.6 Å². The number of nitrogens with one attached hydrogen (secondary N) is 1. The number of phenolic OH excluding ortho intramolecular Hbond substituents is 1. The van der Waals surface area contributed by atoms with Crippen molar-refractivity contribution in [3.05, 3.63) is 24.3 Å². The highest BCUT2D eigenvalue weighted by molar-refractivity contribution is 5.97. The lowest BCUT2D eigenvalue weighted by molar-refractivity contribution is -0.128. The van der Waals surface area contributed by atoms with Gasteiger partial charge in [-0.1, -0.05) is 0 Å². The monoisotopic (exact) mass is 248 g/mol. The minimum Gasteiger partial charge on any atom is -0.508 e. The molecule has 1 heterocycles. The predicted molar refractivity (Wildman–Crippen MR) is 71.7 cm³/mol. The summed E-state index contributed by atoms with van der Waals surface area (Å²) in [5.41, 5.74) is 0.481. The average Bonchev–Trinajstić information content (AvgIpc) is 2.39. The molecule has 0 aliphatic carbocycles. The molecule has 1 fully saturated rings. The van der Waals surface area contributed by atoms with Crippen LogP contribution in [-0.2, 0) is 4.79 Å². The number of hydrogen-bond donors (Lipinski definition) is 2. The lowest BCUT2D eigenvalue weighted by Gasteiger charge is -2.36. The van der Waals surface area contributed by atoms with E-state index >= 15 is 0 Å². The van der Waals surface area contributed by atoms with Gasteiger partial charge in [-0.05, 0) is 50.6 Å². The Bertz CT molecular complexity index is 422. The van der Waals surface area contributed by atoms with Gasteiger partial charge in [-0.15, -0.1) is 0 Å². The molecule has 4 heteroatoms. The summed E-state index contributed by atoms with van der Waals surface area (Å²) in [4.78, 5) is 14.2. The molecule has 1 unspecified atom stereocenters. The van der Waals surface area contributed by atoms with Gasteiger partial charge in [-0.25, -0.2) is 0 Å². The second-order valence-corrected chi connectivity index (χ2v) is 5.22. The normalized spacial score (nSPS) is 23.7. The van der Waals surface area contributed by atoms with Gasteiger partial charge >= 0.3 is 0 Å². The number of amides is 1. The number of benzene rings is 1. The number of hydrogen-bond acceptors (Lipinski definition) is 3. The lowest BCUT2D eigenvalue weighted by atomic mass is 9.81. The number of nitrogens with zero attached hydrogens (tertiary/aromatic N) is 1. The second-order valence-electron chi connectivity index (χ2n) is 5.22. The number of rotatable bonds is 2. The van der Waals surface area contributed by atoms with Gasteiger partial charge in [0.05, 0.1) is 5.41 Å². The van der Waals surface area contributed by atoms with Crippen LogP contribution < -0.4 is 10.2 Å². The van der Waals surface area contributed by atoms with Crippen LogP contribution in [0.15, 0.2) is 24.3 Å². The van der Waals surface area contributed by atoms with E-state index in [1.54, 1.807) is 36.2 Å². The molecule has 18 heavy (non-hydrogen) atoms. The first-order chi connectivity index (χ1) is 8.53. The molecule has 0 radical (unpaired) electrons. The Morgan fingerprint density at radius 1 is 1.39 bits per heavy atom. The molecule has 2 rings (SSSR count). The van der Waals surface area contributed by atoms with E-state index in [1.807, 2.05) is 6.92 Å². The Balaban J connectivity index is 2.15. The summed E-state index contributed by atoms with van der Waals surface area (Å²) >= 11 is 0. The average molecular weight is 248 g/mol. The first-order valence-corrected chi connectivity index (χ1v) is 6.31. The molecule has 0 bridgehead atoms. The van der Waals surface area contributed by atoms with Crippen LogP contribution in [0.25, 0.3) is 0 Å². The highest BCUT2D eigenvalue weighted by Crippen LogP contribution is 2.30. The first kappa shape index (κ1) is 12.9. The summed E-state index contributed by atoms with van der Waals surface area (Å²) in [7, 11) is 1.79. The standard InChI is InChI=1S/C14H20N2O2/c1-14(8-3-9-15-10-14)13(18)16(2)11-4-6-12(17)7-5-11/h4-7,15,17H,3,8-10H2,1-2H3. The number of carbonyl (C=O) groups is 1.